The first-order chi connectivity index (χ1) is 9.30. The number of hydrogen-bond donors (Lipinski definition) is 0. The molecule has 0 atom stereocenters. The third-order valence-corrected chi connectivity index (χ3v) is 4.01. The van der Waals surface area contributed by atoms with Crippen molar-refractivity contribution in [3.8, 4) is 0 Å². The molecule has 0 spiro atoms. The van der Waals surface area contributed by atoms with Gasteiger partial charge in [-0.05, 0) is 63.0 Å². The zero-order valence-corrected chi connectivity index (χ0v) is 11.9. The van der Waals surface area contributed by atoms with Crippen molar-refractivity contribution in [3.63, 3.8) is 0 Å². The summed E-state index contributed by atoms with van der Waals surface area (Å²) in [6, 6.07) is 0. The van der Waals surface area contributed by atoms with E-state index in [-0.39, 0.29) is 0 Å². The first kappa shape index (κ1) is 13.9. The summed E-state index contributed by atoms with van der Waals surface area (Å²) >= 11 is 0. The minimum absolute atomic E-state index is 0.539. The Morgan fingerprint density at radius 3 is 2.42 bits per heavy atom. The number of hydrogen-bond acceptors (Lipinski definition) is 2. The molecule has 3 heteroatoms. The van der Waals surface area contributed by atoms with Crippen LogP contribution in [0.5, 0.6) is 0 Å². The van der Waals surface area contributed by atoms with Crippen molar-refractivity contribution in [2.24, 2.45) is 11.8 Å². The Bertz CT molecular complexity index is 446. The summed E-state index contributed by atoms with van der Waals surface area (Å²) in [5.74, 6) is 1.24. The SMILES string of the molecule is C\C=C(/C=C(\C(=C\OCC)[N+]#N)C1CC1)C1CCC1. The Kier molecular flexibility index (Phi) is 4.79. The molecule has 2 aliphatic rings. The average Bonchev–Trinajstić information content (AvgIpc) is 3.18. The van der Waals surface area contributed by atoms with Gasteiger partial charge in [-0.25, -0.2) is 0 Å². The van der Waals surface area contributed by atoms with E-state index >= 15 is 0 Å². The van der Waals surface area contributed by atoms with E-state index in [0.29, 0.717) is 24.1 Å². The molecule has 19 heavy (non-hydrogen) atoms. The lowest BCUT2D eigenvalue weighted by atomic mass is 9.78. The van der Waals surface area contributed by atoms with Gasteiger partial charge in [-0.1, -0.05) is 12.5 Å². The molecule has 0 aliphatic heterocycles. The maximum Gasteiger partial charge on any atom is 0.422 e. The van der Waals surface area contributed by atoms with E-state index < -0.39 is 0 Å². The molecule has 102 valence electrons. The highest BCUT2D eigenvalue weighted by Gasteiger charge is 2.35. The van der Waals surface area contributed by atoms with Gasteiger partial charge in [-0.3, -0.25) is 0 Å². The van der Waals surface area contributed by atoms with Crippen molar-refractivity contribution in [1.82, 2.24) is 0 Å². The van der Waals surface area contributed by atoms with Crippen molar-refractivity contribution in [1.29, 1.82) is 5.39 Å². The van der Waals surface area contributed by atoms with Crippen LogP contribution < -0.4 is 0 Å². The lowest BCUT2D eigenvalue weighted by molar-refractivity contribution is 0.267. The molecule has 2 saturated carbocycles. The number of rotatable bonds is 6. The van der Waals surface area contributed by atoms with Crippen LogP contribution in [0, 0.1) is 17.2 Å². The number of ether oxygens (including phenoxy) is 1. The van der Waals surface area contributed by atoms with Crippen LogP contribution in [-0.2, 0) is 4.74 Å². The standard InChI is InChI=1S/C16H23N2O/c1-3-12(13-6-5-7-13)10-15(14-8-9-14)16(18-17)11-19-4-2/h3,10-11,13-14H,4-9H2,1-2H3/q+1/b12-3+,15-10-,16-11-. The predicted molar refractivity (Wildman–Crippen MR) is 76.7 cm³/mol. The highest BCUT2D eigenvalue weighted by Crippen LogP contribution is 2.43. The molecule has 2 rings (SSSR count). The summed E-state index contributed by atoms with van der Waals surface area (Å²) in [5, 5.41) is 9.21. The van der Waals surface area contributed by atoms with Crippen LogP contribution >= 0.6 is 0 Å². The van der Waals surface area contributed by atoms with Crippen LogP contribution in [0.4, 0.5) is 0 Å². The second-order valence-electron chi connectivity index (χ2n) is 5.35. The smallest absolute Gasteiger partial charge is 0.422 e. The fourth-order valence-electron chi connectivity index (χ4n) is 2.46. The number of diazo groups is 1. The Labute approximate surface area is 115 Å². The fraction of sp³-hybridized carbons (Fsp3) is 0.625. The predicted octanol–water partition coefficient (Wildman–Crippen LogP) is 4.80. The van der Waals surface area contributed by atoms with Gasteiger partial charge in [0.1, 0.15) is 0 Å². The van der Waals surface area contributed by atoms with E-state index in [1.165, 1.54) is 37.7 Å². The molecule has 0 heterocycles. The first-order valence-electron chi connectivity index (χ1n) is 7.35. The van der Waals surface area contributed by atoms with Gasteiger partial charge in [0.05, 0.1) is 12.2 Å². The molecule has 0 saturated heterocycles. The summed E-state index contributed by atoms with van der Waals surface area (Å²) in [7, 11) is 0. The van der Waals surface area contributed by atoms with Crippen molar-refractivity contribution in [2.45, 2.75) is 46.0 Å². The van der Waals surface area contributed by atoms with E-state index in [9.17, 15) is 5.39 Å². The Morgan fingerprint density at radius 2 is 2.00 bits per heavy atom. The lowest BCUT2D eigenvalue weighted by Crippen LogP contribution is -2.13. The molecule has 0 aromatic carbocycles. The third kappa shape index (κ3) is 3.47. The molecule has 2 fully saturated rings. The fourth-order valence-corrected chi connectivity index (χ4v) is 2.46. The van der Waals surface area contributed by atoms with E-state index in [1.54, 1.807) is 6.26 Å². The molecule has 2 aliphatic carbocycles. The summed E-state index contributed by atoms with van der Waals surface area (Å²) < 4.78 is 5.29. The summed E-state index contributed by atoms with van der Waals surface area (Å²) in [6.07, 6.45) is 12.3. The van der Waals surface area contributed by atoms with Gasteiger partial charge in [0.2, 0.25) is 5.39 Å². The van der Waals surface area contributed by atoms with Crippen LogP contribution in [-0.4, -0.2) is 6.61 Å². The molecule has 0 radical (unpaired) electrons. The molecular weight excluding hydrogens is 236 g/mol. The zero-order chi connectivity index (χ0) is 13.7. The highest BCUT2D eigenvalue weighted by molar-refractivity contribution is 5.43. The molecular formula is C16H23N2O+. The molecule has 0 amide bonds. The van der Waals surface area contributed by atoms with Crippen molar-refractivity contribution in [3.05, 3.63) is 40.2 Å². The minimum Gasteiger partial charge on any atom is -0.493 e. The third-order valence-electron chi connectivity index (χ3n) is 4.01. The molecule has 0 N–H and O–H groups in total. The topological polar surface area (TPSA) is 37.4 Å². The monoisotopic (exact) mass is 259 g/mol. The molecule has 0 unspecified atom stereocenters. The summed E-state index contributed by atoms with van der Waals surface area (Å²) in [5.41, 5.74) is 3.11. The average molecular weight is 259 g/mol. The van der Waals surface area contributed by atoms with Gasteiger partial charge in [0, 0.05) is 0 Å². The van der Waals surface area contributed by atoms with Gasteiger partial charge in [0.15, 0.2) is 11.2 Å². The van der Waals surface area contributed by atoms with Crippen molar-refractivity contribution >= 4 is 0 Å². The van der Waals surface area contributed by atoms with E-state index in [1.807, 2.05) is 6.92 Å². The maximum atomic E-state index is 9.21. The molecule has 0 bridgehead atoms. The molecule has 0 aromatic heterocycles. The number of nitrogens with zero attached hydrogens (tertiary/aromatic N) is 2. The highest BCUT2D eigenvalue weighted by atomic mass is 16.5. The van der Waals surface area contributed by atoms with Gasteiger partial charge in [0.25, 0.3) is 0 Å². The quantitative estimate of drug-likeness (QED) is 0.390. The Balaban J connectivity index is 2.21. The van der Waals surface area contributed by atoms with Crippen LogP contribution in [0.15, 0.2) is 35.3 Å². The van der Waals surface area contributed by atoms with Gasteiger partial charge >= 0.3 is 5.70 Å². The Morgan fingerprint density at radius 1 is 1.26 bits per heavy atom. The normalized spacial score (nSPS) is 21.8. The first-order valence-corrected chi connectivity index (χ1v) is 7.35. The van der Waals surface area contributed by atoms with Gasteiger partial charge < -0.3 is 4.74 Å². The number of allylic oxidation sites excluding steroid dienone is 4. The van der Waals surface area contributed by atoms with E-state index in [4.69, 9.17) is 4.74 Å². The molecule has 0 aromatic rings. The van der Waals surface area contributed by atoms with Crippen LogP contribution in [0.3, 0.4) is 0 Å². The molecule has 3 nitrogen and oxygen atoms in total. The largest absolute Gasteiger partial charge is 0.493 e. The second kappa shape index (κ2) is 6.56. The van der Waals surface area contributed by atoms with Crippen LogP contribution in [0.2, 0.25) is 0 Å². The van der Waals surface area contributed by atoms with Crippen molar-refractivity contribution < 1.29 is 4.74 Å². The van der Waals surface area contributed by atoms with E-state index in [0.717, 1.165) is 5.57 Å². The van der Waals surface area contributed by atoms with E-state index in [2.05, 4.69) is 24.1 Å². The lowest BCUT2D eigenvalue weighted by Gasteiger charge is -2.26. The summed E-state index contributed by atoms with van der Waals surface area (Å²) in [6.45, 7) is 4.62. The van der Waals surface area contributed by atoms with Crippen LogP contribution in [0.1, 0.15) is 46.0 Å². The van der Waals surface area contributed by atoms with Crippen molar-refractivity contribution in [2.75, 3.05) is 6.61 Å². The van der Waals surface area contributed by atoms with Gasteiger partial charge in [-0.2, -0.15) is 0 Å². The van der Waals surface area contributed by atoms with Crippen LogP contribution in [0.25, 0.3) is 4.98 Å². The summed E-state index contributed by atoms with van der Waals surface area (Å²) in [4.78, 5) is 3.42. The zero-order valence-electron chi connectivity index (χ0n) is 11.9. The maximum absolute atomic E-state index is 9.21. The minimum atomic E-state index is 0.539. The second-order valence-corrected chi connectivity index (χ2v) is 5.35. The Hall–Kier alpha value is -1.56. The van der Waals surface area contributed by atoms with Gasteiger partial charge in [-0.15, -0.1) is 0 Å².